The Morgan fingerprint density at radius 1 is 1.36 bits per heavy atom. The Labute approximate surface area is 88.8 Å². The summed E-state index contributed by atoms with van der Waals surface area (Å²) in [4.78, 5) is 2.43. The van der Waals surface area contributed by atoms with E-state index in [0.717, 1.165) is 26.2 Å². The van der Waals surface area contributed by atoms with Crippen molar-refractivity contribution in [2.24, 2.45) is 0 Å². The highest BCUT2D eigenvalue weighted by Gasteiger charge is 2.09. The average molecular weight is 202 g/mol. The van der Waals surface area contributed by atoms with Crippen molar-refractivity contribution in [3.8, 4) is 0 Å². The molecule has 1 atom stereocenters. The zero-order valence-corrected chi connectivity index (χ0v) is 10.2. The summed E-state index contributed by atoms with van der Waals surface area (Å²) in [6.07, 6.45) is 2.49. The summed E-state index contributed by atoms with van der Waals surface area (Å²) >= 11 is 0. The third-order valence-electron chi connectivity index (χ3n) is 2.58. The molecule has 0 saturated heterocycles. The van der Waals surface area contributed by atoms with E-state index >= 15 is 0 Å². The topological polar surface area (TPSA) is 24.5 Å². The standard InChI is InChI=1S/C11H26N2O/c1-5-7-11(12-3)10-13(6-2)8-9-14-4/h11-12H,5-10H2,1-4H3. The first kappa shape index (κ1) is 13.9. The second kappa shape index (κ2) is 9.44. The van der Waals surface area contributed by atoms with E-state index in [9.17, 15) is 0 Å². The van der Waals surface area contributed by atoms with E-state index in [0.29, 0.717) is 6.04 Å². The van der Waals surface area contributed by atoms with E-state index in [1.54, 1.807) is 7.11 Å². The number of methoxy groups -OCH3 is 1. The van der Waals surface area contributed by atoms with E-state index in [-0.39, 0.29) is 0 Å². The van der Waals surface area contributed by atoms with Crippen LogP contribution < -0.4 is 5.32 Å². The minimum absolute atomic E-state index is 0.622. The molecule has 1 unspecified atom stereocenters. The van der Waals surface area contributed by atoms with Crippen molar-refractivity contribution in [1.82, 2.24) is 10.2 Å². The molecule has 0 aliphatic heterocycles. The van der Waals surface area contributed by atoms with Gasteiger partial charge in [0.05, 0.1) is 6.61 Å². The Bertz CT molecular complexity index is 120. The molecule has 3 nitrogen and oxygen atoms in total. The van der Waals surface area contributed by atoms with Gasteiger partial charge in [-0.05, 0) is 20.0 Å². The number of nitrogens with one attached hydrogen (secondary N) is 1. The summed E-state index contributed by atoms with van der Waals surface area (Å²) in [6, 6.07) is 0.622. The van der Waals surface area contributed by atoms with Crippen LogP contribution in [0.2, 0.25) is 0 Å². The highest BCUT2D eigenvalue weighted by Crippen LogP contribution is 1.99. The Morgan fingerprint density at radius 2 is 2.07 bits per heavy atom. The van der Waals surface area contributed by atoms with Crippen molar-refractivity contribution in [2.45, 2.75) is 32.7 Å². The van der Waals surface area contributed by atoms with E-state index in [2.05, 4.69) is 24.1 Å². The summed E-state index contributed by atoms with van der Waals surface area (Å²) in [6.45, 7) is 8.53. The molecular formula is C11H26N2O. The van der Waals surface area contributed by atoms with E-state index < -0.39 is 0 Å². The Morgan fingerprint density at radius 3 is 2.50 bits per heavy atom. The van der Waals surface area contributed by atoms with Crippen molar-refractivity contribution >= 4 is 0 Å². The first-order valence-electron chi connectivity index (χ1n) is 5.66. The van der Waals surface area contributed by atoms with Crippen LogP contribution in [0.5, 0.6) is 0 Å². The van der Waals surface area contributed by atoms with Crippen LogP contribution >= 0.6 is 0 Å². The molecule has 3 heteroatoms. The lowest BCUT2D eigenvalue weighted by Crippen LogP contribution is -2.40. The first-order valence-corrected chi connectivity index (χ1v) is 5.66. The molecule has 0 bridgehead atoms. The minimum Gasteiger partial charge on any atom is -0.383 e. The Balaban J connectivity index is 3.75. The molecule has 0 aromatic carbocycles. The molecule has 0 rings (SSSR count). The number of likely N-dealkylation sites (N-methyl/N-ethyl adjacent to an activating group) is 2. The van der Waals surface area contributed by atoms with Gasteiger partial charge in [-0.3, -0.25) is 4.90 Å². The summed E-state index contributed by atoms with van der Waals surface area (Å²) in [5, 5.41) is 3.36. The van der Waals surface area contributed by atoms with Crippen molar-refractivity contribution in [2.75, 3.05) is 40.4 Å². The smallest absolute Gasteiger partial charge is 0.0589 e. The highest BCUT2D eigenvalue weighted by atomic mass is 16.5. The lowest BCUT2D eigenvalue weighted by Gasteiger charge is -2.25. The van der Waals surface area contributed by atoms with Gasteiger partial charge in [0, 0.05) is 26.2 Å². The van der Waals surface area contributed by atoms with Gasteiger partial charge in [0.2, 0.25) is 0 Å². The number of nitrogens with zero attached hydrogens (tertiary/aromatic N) is 1. The predicted octanol–water partition coefficient (Wildman–Crippen LogP) is 1.34. The number of hydrogen-bond acceptors (Lipinski definition) is 3. The lowest BCUT2D eigenvalue weighted by atomic mass is 10.1. The van der Waals surface area contributed by atoms with Gasteiger partial charge in [-0.1, -0.05) is 20.3 Å². The highest BCUT2D eigenvalue weighted by molar-refractivity contribution is 4.69. The average Bonchev–Trinajstić information content (AvgIpc) is 2.22. The van der Waals surface area contributed by atoms with Crippen LogP contribution in [0.25, 0.3) is 0 Å². The zero-order chi connectivity index (χ0) is 10.8. The molecular weight excluding hydrogens is 176 g/mol. The summed E-state index contributed by atoms with van der Waals surface area (Å²) < 4.78 is 5.09. The summed E-state index contributed by atoms with van der Waals surface area (Å²) in [5.74, 6) is 0. The minimum atomic E-state index is 0.622. The number of hydrogen-bond donors (Lipinski definition) is 1. The predicted molar refractivity (Wildman–Crippen MR) is 61.7 cm³/mol. The van der Waals surface area contributed by atoms with Gasteiger partial charge >= 0.3 is 0 Å². The third-order valence-corrected chi connectivity index (χ3v) is 2.58. The largest absolute Gasteiger partial charge is 0.383 e. The molecule has 0 fully saturated rings. The van der Waals surface area contributed by atoms with Crippen molar-refractivity contribution in [3.05, 3.63) is 0 Å². The molecule has 0 amide bonds. The van der Waals surface area contributed by atoms with Gasteiger partial charge in [-0.2, -0.15) is 0 Å². The van der Waals surface area contributed by atoms with Crippen molar-refractivity contribution in [1.29, 1.82) is 0 Å². The van der Waals surface area contributed by atoms with Crippen LogP contribution in [0.3, 0.4) is 0 Å². The van der Waals surface area contributed by atoms with Crippen molar-refractivity contribution in [3.63, 3.8) is 0 Å². The van der Waals surface area contributed by atoms with E-state index in [4.69, 9.17) is 4.74 Å². The third kappa shape index (κ3) is 6.35. The normalized spacial score (nSPS) is 13.5. The second-order valence-corrected chi connectivity index (χ2v) is 3.66. The lowest BCUT2D eigenvalue weighted by molar-refractivity contribution is 0.143. The molecule has 0 radical (unpaired) electrons. The maximum atomic E-state index is 5.09. The van der Waals surface area contributed by atoms with E-state index in [1.807, 2.05) is 7.05 Å². The molecule has 0 heterocycles. The van der Waals surface area contributed by atoms with Crippen molar-refractivity contribution < 1.29 is 4.74 Å². The molecule has 14 heavy (non-hydrogen) atoms. The molecule has 0 aromatic rings. The fourth-order valence-corrected chi connectivity index (χ4v) is 1.59. The molecule has 1 N–H and O–H groups in total. The number of ether oxygens (including phenoxy) is 1. The summed E-state index contributed by atoms with van der Waals surface area (Å²) in [7, 11) is 3.81. The van der Waals surface area contributed by atoms with E-state index in [1.165, 1.54) is 12.8 Å². The monoisotopic (exact) mass is 202 g/mol. The van der Waals surface area contributed by atoms with Gasteiger partial charge < -0.3 is 10.1 Å². The Kier molecular flexibility index (Phi) is 9.35. The molecule has 0 aliphatic rings. The van der Waals surface area contributed by atoms with Gasteiger partial charge in [0.15, 0.2) is 0 Å². The van der Waals surface area contributed by atoms with Crippen LogP contribution in [0, 0.1) is 0 Å². The molecule has 0 spiro atoms. The van der Waals surface area contributed by atoms with Crippen LogP contribution in [0.4, 0.5) is 0 Å². The summed E-state index contributed by atoms with van der Waals surface area (Å²) in [5.41, 5.74) is 0. The molecule has 0 aliphatic carbocycles. The molecule has 0 aromatic heterocycles. The molecule has 86 valence electrons. The van der Waals surface area contributed by atoms with Crippen LogP contribution in [0.15, 0.2) is 0 Å². The van der Waals surface area contributed by atoms with Gasteiger partial charge in [-0.15, -0.1) is 0 Å². The maximum absolute atomic E-state index is 5.09. The maximum Gasteiger partial charge on any atom is 0.0589 e. The number of rotatable bonds is 9. The SMILES string of the molecule is CCCC(CN(CC)CCOC)NC. The van der Waals surface area contributed by atoms with Gasteiger partial charge in [-0.25, -0.2) is 0 Å². The fraction of sp³-hybridized carbons (Fsp3) is 1.00. The van der Waals surface area contributed by atoms with Gasteiger partial charge in [0.25, 0.3) is 0 Å². The zero-order valence-electron chi connectivity index (χ0n) is 10.2. The quantitative estimate of drug-likeness (QED) is 0.611. The van der Waals surface area contributed by atoms with Gasteiger partial charge in [0.1, 0.15) is 0 Å². The van der Waals surface area contributed by atoms with Crippen LogP contribution in [0.1, 0.15) is 26.7 Å². The van der Waals surface area contributed by atoms with Crippen LogP contribution in [-0.4, -0.2) is 51.3 Å². The second-order valence-electron chi connectivity index (χ2n) is 3.66. The Hall–Kier alpha value is -0.120. The van der Waals surface area contributed by atoms with Crippen LogP contribution in [-0.2, 0) is 4.74 Å². The molecule has 0 saturated carbocycles. The fourth-order valence-electron chi connectivity index (χ4n) is 1.59. The first-order chi connectivity index (χ1) is 6.78.